The quantitative estimate of drug-likeness (QED) is 0.521. The first-order chi connectivity index (χ1) is 14.3. The van der Waals surface area contributed by atoms with Crippen molar-refractivity contribution in [2.24, 2.45) is 0 Å². The van der Waals surface area contributed by atoms with Crippen LogP contribution in [0.3, 0.4) is 0 Å². The number of imidazole rings is 1. The van der Waals surface area contributed by atoms with Gasteiger partial charge in [-0.2, -0.15) is 4.98 Å². The molecule has 0 saturated carbocycles. The minimum atomic E-state index is -0.00317. The van der Waals surface area contributed by atoms with Gasteiger partial charge in [-0.15, -0.1) is 10.2 Å². The van der Waals surface area contributed by atoms with Crippen LogP contribution in [0.25, 0.3) is 23.0 Å². The zero-order chi connectivity index (χ0) is 19.4. The Morgan fingerprint density at radius 3 is 2.90 bits per heavy atom. The number of aryl methyl sites for hydroxylation is 1. The van der Waals surface area contributed by atoms with Crippen LogP contribution in [0.5, 0.6) is 0 Å². The van der Waals surface area contributed by atoms with Crippen molar-refractivity contribution in [1.29, 1.82) is 0 Å². The van der Waals surface area contributed by atoms with E-state index in [0.717, 1.165) is 41.1 Å². The van der Waals surface area contributed by atoms with E-state index in [1.165, 1.54) is 0 Å². The highest BCUT2D eigenvalue weighted by Gasteiger charge is 2.37. The van der Waals surface area contributed by atoms with Gasteiger partial charge in [0.25, 0.3) is 0 Å². The molecule has 1 saturated heterocycles. The summed E-state index contributed by atoms with van der Waals surface area (Å²) in [6.45, 7) is 3.91. The van der Waals surface area contributed by atoms with Crippen molar-refractivity contribution in [3.05, 3.63) is 60.6 Å². The third-order valence-corrected chi connectivity index (χ3v) is 5.41. The van der Waals surface area contributed by atoms with Gasteiger partial charge in [0.1, 0.15) is 23.4 Å². The molecule has 0 radical (unpaired) electrons. The SMILES string of the molecule is Cc1nnc2n1-c1cnc(-n3ccnc3-c3ccccc3)nc1N1CCOCC21. The molecule has 5 heterocycles. The summed E-state index contributed by atoms with van der Waals surface area (Å²) >= 11 is 0. The zero-order valence-corrected chi connectivity index (χ0v) is 15.8. The molecule has 0 spiro atoms. The average molecular weight is 386 g/mol. The molecule has 144 valence electrons. The second-order valence-corrected chi connectivity index (χ2v) is 7.09. The van der Waals surface area contributed by atoms with Crippen molar-refractivity contribution in [1.82, 2.24) is 34.3 Å². The number of hydrogen-bond acceptors (Lipinski definition) is 7. The maximum atomic E-state index is 5.72. The number of benzene rings is 1. The maximum absolute atomic E-state index is 5.72. The maximum Gasteiger partial charge on any atom is 0.237 e. The smallest absolute Gasteiger partial charge is 0.237 e. The van der Waals surface area contributed by atoms with Gasteiger partial charge in [0, 0.05) is 24.5 Å². The molecule has 0 aliphatic carbocycles. The lowest BCUT2D eigenvalue weighted by Gasteiger charge is -2.40. The van der Waals surface area contributed by atoms with Gasteiger partial charge < -0.3 is 9.64 Å². The summed E-state index contributed by atoms with van der Waals surface area (Å²) in [7, 11) is 0. The van der Waals surface area contributed by atoms with Crippen LogP contribution in [0.2, 0.25) is 0 Å². The van der Waals surface area contributed by atoms with Crippen LogP contribution in [0.1, 0.15) is 17.7 Å². The molecule has 0 amide bonds. The minimum absolute atomic E-state index is 0.00317. The van der Waals surface area contributed by atoms with Crippen molar-refractivity contribution < 1.29 is 4.74 Å². The molecular formula is C20H18N8O. The standard InChI is InChI=1S/C20H18N8O/c1-13-24-25-19-16-12-29-10-9-26(16)18-15(28(13)19)11-22-20(23-18)27-8-7-21-17(27)14-5-3-2-4-6-14/h2-8,11,16H,9-10,12H2,1H3. The molecule has 9 heteroatoms. The Morgan fingerprint density at radius 1 is 1.10 bits per heavy atom. The Bertz CT molecular complexity index is 1200. The van der Waals surface area contributed by atoms with Crippen molar-refractivity contribution in [2.75, 3.05) is 24.7 Å². The summed E-state index contributed by atoms with van der Waals surface area (Å²) in [5.41, 5.74) is 1.91. The molecule has 1 aromatic carbocycles. The first-order valence-corrected chi connectivity index (χ1v) is 9.54. The summed E-state index contributed by atoms with van der Waals surface area (Å²) in [4.78, 5) is 16.4. The fraction of sp³-hybridized carbons (Fsp3) is 0.250. The van der Waals surface area contributed by atoms with Crippen LogP contribution >= 0.6 is 0 Å². The van der Waals surface area contributed by atoms with Gasteiger partial charge >= 0.3 is 0 Å². The summed E-state index contributed by atoms with van der Waals surface area (Å²) in [6, 6.07) is 10.0. The number of rotatable bonds is 2. The zero-order valence-electron chi connectivity index (χ0n) is 15.8. The molecule has 1 fully saturated rings. The molecule has 1 unspecified atom stereocenters. The highest BCUT2D eigenvalue weighted by atomic mass is 16.5. The minimum Gasteiger partial charge on any atom is -0.377 e. The molecule has 29 heavy (non-hydrogen) atoms. The highest BCUT2D eigenvalue weighted by Crippen LogP contribution is 2.38. The molecule has 0 N–H and O–H groups in total. The molecule has 9 nitrogen and oxygen atoms in total. The molecule has 2 aliphatic heterocycles. The second kappa shape index (κ2) is 6.21. The lowest BCUT2D eigenvalue weighted by molar-refractivity contribution is 0.0894. The fourth-order valence-electron chi connectivity index (χ4n) is 4.07. The van der Waals surface area contributed by atoms with Gasteiger partial charge in [0.2, 0.25) is 5.95 Å². The topological polar surface area (TPSA) is 86.8 Å². The number of aromatic nitrogens is 7. The third kappa shape index (κ3) is 2.40. The lowest BCUT2D eigenvalue weighted by atomic mass is 10.1. The Balaban J connectivity index is 1.52. The van der Waals surface area contributed by atoms with Crippen LogP contribution in [0, 0.1) is 6.92 Å². The van der Waals surface area contributed by atoms with Crippen LogP contribution in [0.4, 0.5) is 5.82 Å². The Labute approximate surface area is 166 Å². The van der Waals surface area contributed by atoms with E-state index in [1.807, 2.05) is 58.8 Å². The number of fused-ring (bicyclic) bond motifs is 6. The summed E-state index contributed by atoms with van der Waals surface area (Å²) in [5, 5.41) is 8.66. The van der Waals surface area contributed by atoms with Gasteiger partial charge in [-0.05, 0) is 6.92 Å². The van der Waals surface area contributed by atoms with Crippen LogP contribution in [0.15, 0.2) is 48.9 Å². The molecule has 4 aromatic rings. The van der Waals surface area contributed by atoms with E-state index in [4.69, 9.17) is 9.72 Å². The molecule has 2 aliphatic rings. The van der Waals surface area contributed by atoms with Gasteiger partial charge in [0.05, 0.1) is 19.4 Å². The summed E-state index contributed by atoms with van der Waals surface area (Å²) < 4.78 is 9.66. The van der Waals surface area contributed by atoms with Crippen molar-refractivity contribution >= 4 is 5.82 Å². The Hall–Kier alpha value is -3.59. The van der Waals surface area contributed by atoms with E-state index in [1.54, 1.807) is 6.20 Å². The van der Waals surface area contributed by atoms with Crippen molar-refractivity contribution in [3.8, 4) is 23.0 Å². The molecule has 3 aromatic heterocycles. The third-order valence-electron chi connectivity index (χ3n) is 5.41. The van der Waals surface area contributed by atoms with E-state index in [0.29, 0.717) is 19.2 Å². The van der Waals surface area contributed by atoms with E-state index in [2.05, 4.69) is 25.1 Å². The number of ether oxygens (including phenoxy) is 1. The highest BCUT2D eigenvalue weighted by molar-refractivity contribution is 5.64. The molecule has 1 atom stereocenters. The van der Waals surface area contributed by atoms with E-state index < -0.39 is 0 Å². The lowest BCUT2D eigenvalue weighted by Crippen LogP contribution is -2.44. The summed E-state index contributed by atoms with van der Waals surface area (Å²) in [6.07, 6.45) is 5.50. The van der Waals surface area contributed by atoms with Gasteiger partial charge in [0.15, 0.2) is 11.6 Å². The van der Waals surface area contributed by atoms with E-state index in [-0.39, 0.29) is 6.04 Å². The molecule has 6 rings (SSSR count). The Morgan fingerprint density at radius 2 is 2.00 bits per heavy atom. The van der Waals surface area contributed by atoms with Gasteiger partial charge in [-0.25, -0.2) is 9.97 Å². The van der Waals surface area contributed by atoms with Crippen molar-refractivity contribution in [3.63, 3.8) is 0 Å². The number of nitrogens with zero attached hydrogens (tertiary/aromatic N) is 8. The predicted octanol–water partition coefficient (Wildman–Crippen LogP) is 2.11. The summed E-state index contributed by atoms with van der Waals surface area (Å²) in [5.74, 6) is 3.95. The first-order valence-electron chi connectivity index (χ1n) is 9.54. The van der Waals surface area contributed by atoms with Crippen LogP contribution < -0.4 is 4.90 Å². The Kier molecular flexibility index (Phi) is 3.51. The fourth-order valence-corrected chi connectivity index (χ4v) is 4.07. The number of hydrogen-bond donors (Lipinski definition) is 0. The molecule has 0 bridgehead atoms. The monoisotopic (exact) mass is 386 g/mol. The van der Waals surface area contributed by atoms with Crippen LogP contribution in [-0.2, 0) is 4.74 Å². The van der Waals surface area contributed by atoms with Crippen LogP contribution in [-0.4, -0.2) is 54.0 Å². The van der Waals surface area contributed by atoms with Gasteiger partial charge in [-0.3, -0.25) is 9.13 Å². The first kappa shape index (κ1) is 16.4. The predicted molar refractivity (Wildman–Crippen MR) is 105 cm³/mol. The van der Waals surface area contributed by atoms with Crippen molar-refractivity contribution in [2.45, 2.75) is 13.0 Å². The average Bonchev–Trinajstić information content (AvgIpc) is 3.42. The van der Waals surface area contributed by atoms with E-state index >= 15 is 0 Å². The molecular weight excluding hydrogens is 368 g/mol. The normalized spacial score (nSPS) is 17.6. The number of morpholine rings is 1. The largest absolute Gasteiger partial charge is 0.377 e. The number of anilines is 1. The van der Waals surface area contributed by atoms with Gasteiger partial charge in [-0.1, -0.05) is 30.3 Å². The van der Waals surface area contributed by atoms with E-state index in [9.17, 15) is 0 Å². The second-order valence-electron chi connectivity index (χ2n) is 7.09.